The van der Waals surface area contributed by atoms with Crippen molar-refractivity contribution in [1.29, 1.82) is 0 Å². The third kappa shape index (κ3) is 4.30. The Morgan fingerprint density at radius 3 is 2.38 bits per heavy atom. The summed E-state index contributed by atoms with van der Waals surface area (Å²) in [6.45, 7) is 3.41. The fraction of sp³-hybridized carbons (Fsp3) is 0.556. The summed E-state index contributed by atoms with van der Waals surface area (Å²) in [5, 5.41) is 8.74. The number of carbonyl (C=O) groups excluding carboxylic acids is 1. The Morgan fingerprint density at radius 2 is 2.08 bits per heavy atom. The summed E-state index contributed by atoms with van der Waals surface area (Å²) in [6, 6.07) is 0. The van der Waals surface area contributed by atoms with Crippen LogP contribution in [0, 0.1) is 5.92 Å². The molecule has 0 radical (unpaired) electrons. The number of rotatable bonds is 5. The van der Waals surface area contributed by atoms with Gasteiger partial charge in [0.2, 0.25) is 5.91 Å². The van der Waals surface area contributed by atoms with Crippen LogP contribution in [-0.2, 0) is 9.59 Å². The van der Waals surface area contributed by atoms with Gasteiger partial charge in [0.15, 0.2) is 0 Å². The summed E-state index contributed by atoms with van der Waals surface area (Å²) in [5.41, 5.74) is 5.29. The molecule has 74 valence electrons. The van der Waals surface area contributed by atoms with Crippen molar-refractivity contribution in [2.45, 2.75) is 26.7 Å². The highest BCUT2D eigenvalue weighted by Gasteiger charge is 2.14. The Kier molecular flexibility index (Phi) is 4.80. The van der Waals surface area contributed by atoms with Gasteiger partial charge in [0.1, 0.15) is 0 Å². The van der Waals surface area contributed by atoms with Crippen LogP contribution in [0.15, 0.2) is 11.6 Å². The molecule has 1 unspecified atom stereocenters. The monoisotopic (exact) mass is 185 g/mol. The molecule has 1 atom stereocenters. The van der Waals surface area contributed by atoms with E-state index in [0.29, 0.717) is 12.0 Å². The molecule has 3 N–H and O–H groups in total. The van der Waals surface area contributed by atoms with Gasteiger partial charge in [-0.15, -0.1) is 0 Å². The predicted molar refractivity (Wildman–Crippen MR) is 49.0 cm³/mol. The Labute approximate surface area is 77.4 Å². The lowest BCUT2D eigenvalue weighted by molar-refractivity contribution is -0.140. The lowest BCUT2D eigenvalue weighted by Gasteiger charge is -2.05. The van der Waals surface area contributed by atoms with Gasteiger partial charge < -0.3 is 10.8 Å². The van der Waals surface area contributed by atoms with Gasteiger partial charge in [-0.25, -0.2) is 0 Å². The van der Waals surface area contributed by atoms with Gasteiger partial charge in [0.25, 0.3) is 0 Å². The number of amides is 1. The van der Waals surface area contributed by atoms with Crippen molar-refractivity contribution in [3.63, 3.8) is 0 Å². The maximum atomic E-state index is 10.7. The fourth-order valence-corrected chi connectivity index (χ4v) is 0.973. The van der Waals surface area contributed by atoms with Crippen molar-refractivity contribution in [1.82, 2.24) is 0 Å². The SMILES string of the molecule is CCCC(/C=C(\C)C(N)=O)C(=O)O. The molecule has 0 spiro atoms. The molecule has 0 aliphatic heterocycles. The first-order valence-corrected chi connectivity index (χ1v) is 4.20. The third-order valence-electron chi connectivity index (χ3n) is 1.76. The van der Waals surface area contributed by atoms with Gasteiger partial charge in [0, 0.05) is 5.57 Å². The van der Waals surface area contributed by atoms with Crippen molar-refractivity contribution >= 4 is 11.9 Å². The highest BCUT2D eigenvalue weighted by molar-refractivity contribution is 5.92. The van der Waals surface area contributed by atoms with Crippen LogP contribution in [0.2, 0.25) is 0 Å². The average Bonchev–Trinajstić information content (AvgIpc) is 2.03. The van der Waals surface area contributed by atoms with Crippen molar-refractivity contribution in [2.24, 2.45) is 11.7 Å². The van der Waals surface area contributed by atoms with Crippen molar-refractivity contribution in [2.75, 3.05) is 0 Å². The molecule has 0 fully saturated rings. The fourth-order valence-electron chi connectivity index (χ4n) is 0.973. The minimum Gasteiger partial charge on any atom is -0.481 e. The first-order chi connectivity index (χ1) is 5.99. The van der Waals surface area contributed by atoms with Gasteiger partial charge in [-0.2, -0.15) is 0 Å². The number of carboxylic acid groups (broad SMARTS) is 1. The number of primary amides is 1. The molecule has 0 aliphatic carbocycles. The smallest absolute Gasteiger partial charge is 0.310 e. The zero-order chi connectivity index (χ0) is 10.4. The molecule has 0 aromatic rings. The zero-order valence-corrected chi connectivity index (χ0v) is 7.91. The van der Waals surface area contributed by atoms with E-state index < -0.39 is 17.8 Å². The van der Waals surface area contributed by atoms with Crippen molar-refractivity contribution in [3.05, 3.63) is 11.6 Å². The maximum Gasteiger partial charge on any atom is 0.310 e. The third-order valence-corrected chi connectivity index (χ3v) is 1.76. The molecule has 0 saturated heterocycles. The number of hydrogen-bond donors (Lipinski definition) is 2. The molecule has 4 heteroatoms. The summed E-state index contributed by atoms with van der Waals surface area (Å²) in [5.74, 6) is -2.08. The average molecular weight is 185 g/mol. The standard InChI is InChI=1S/C9H15NO3/c1-3-4-7(9(12)13)5-6(2)8(10)11/h5,7H,3-4H2,1-2H3,(H2,10,11)(H,12,13)/b6-5+. The van der Waals surface area contributed by atoms with E-state index in [4.69, 9.17) is 10.8 Å². The number of carboxylic acids is 1. The van der Waals surface area contributed by atoms with E-state index in [1.54, 1.807) is 0 Å². The second-order valence-electron chi connectivity index (χ2n) is 2.95. The Hall–Kier alpha value is -1.32. The Balaban J connectivity index is 4.48. The van der Waals surface area contributed by atoms with Crippen LogP contribution in [0.3, 0.4) is 0 Å². The van der Waals surface area contributed by atoms with E-state index in [1.807, 2.05) is 6.92 Å². The van der Waals surface area contributed by atoms with Gasteiger partial charge in [-0.05, 0) is 13.3 Å². The Morgan fingerprint density at radius 1 is 1.54 bits per heavy atom. The van der Waals surface area contributed by atoms with Crippen molar-refractivity contribution in [3.8, 4) is 0 Å². The van der Waals surface area contributed by atoms with E-state index in [-0.39, 0.29) is 0 Å². The summed E-state index contributed by atoms with van der Waals surface area (Å²) < 4.78 is 0. The first kappa shape index (κ1) is 11.7. The van der Waals surface area contributed by atoms with Gasteiger partial charge in [0.05, 0.1) is 5.92 Å². The predicted octanol–water partition coefficient (Wildman–Crippen LogP) is 0.919. The van der Waals surface area contributed by atoms with E-state index in [0.717, 1.165) is 6.42 Å². The van der Waals surface area contributed by atoms with Crippen LogP contribution in [0.4, 0.5) is 0 Å². The van der Waals surface area contributed by atoms with E-state index in [9.17, 15) is 9.59 Å². The number of aliphatic carboxylic acids is 1. The van der Waals surface area contributed by atoms with Gasteiger partial charge in [-0.1, -0.05) is 19.4 Å². The molecular weight excluding hydrogens is 170 g/mol. The highest BCUT2D eigenvalue weighted by Crippen LogP contribution is 2.10. The summed E-state index contributed by atoms with van der Waals surface area (Å²) in [6.07, 6.45) is 2.70. The minimum absolute atomic E-state index is 0.306. The highest BCUT2D eigenvalue weighted by atomic mass is 16.4. The summed E-state index contributed by atoms with van der Waals surface area (Å²) in [7, 11) is 0. The minimum atomic E-state index is -0.914. The summed E-state index contributed by atoms with van der Waals surface area (Å²) >= 11 is 0. The molecule has 0 aromatic heterocycles. The molecule has 0 bridgehead atoms. The van der Waals surface area contributed by atoms with Crippen LogP contribution < -0.4 is 5.73 Å². The molecule has 0 saturated carbocycles. The normalized spacial score (nSPS) is 13.8. The molecule has 13 heavy (non-hydrogen) atoms. The van der Waals surface area contributed by atoms with Crippen LogP contribution >= 0.6 is 0 Å². The van der Waals surface area contributed by atoms with Gasteiger partial charge in [-0.3, -0.25) is 9.59 Å². The molecule has 4 nitrogen and oxygen atoms in total. The second-order valence-corrected chi connectivity index (χ2v) is 2.95. The lowest BCUT2D eigenvalue weighted by Crippen LogP contribution is -2.16. The zero-order valence-electron chi connectivity index (χ0n) is 7.91. The molecule has 0 heterocycles. The van der Waals surface area contributed by atoms with Crippen LogP contribution in [-0.4, -0.2) is 17.0 Å². The van der Waals surface area contributed by atoms with Crippen molar-refractivity contribution < 1.29 is 14.7 Å². The number of hydrogen-bond acceptors (Lipinski definition) is 2. The quantitative estimate of drug-likeness (QED) is 0.625. The van der Waals surface area contributed by atoms with Crippen LogP contribution in [0.25, 0.3) is 0 Å². The molecule has 0 aliphatic rings. The Bertz CT molecular complexity index is 233. The molecule has 0 rings (SSSR count). The first-order valence-electron chi connectivity index (χ1n) is 4.20. The van der Waals surface area contributed by atoms with Crippen LogP contribution in [0.1, 0.15) is 26.7 Å². The van der Waals surface area contributed by atoms with E-state index >= 15 is 0 Å². The van der Waals surface area contributed by atoms with Gasteiger partial charge >= 0.3 is 5.97 Å². The topological polar surface area (TPSA) is 80.4 Å². The molecular formula is C9H15NO3. The largest absolute Gasteiger partial charge is 0.481 e. The molecule has 0 aromatic carbocycles. The van der Waals surface area contributed by atoms with E-state index in [1.165, 1.54) is 13.0 Å². The molecule has 1 amide bonds. The number of carbonyl (C=O) groups is 2. The maximum absolute atomic E-state index is 10.7. The lowest BCUT2D eigenvalue weighted by atomic mass is 10.0. The number of nitrogens with two attached hydrogens (primary N) is 1. The van der Waals surface area contributed by atoms with Crippen LogP contribution in [0.5, 0.6) is 0 Å². The second kappa shape index (κ2) is 5.35. The summed E-state index contributed by atoms with van der Waals surface area (Å²) in [4.78, 5) is 21.3. The van der Waals surface area contributed by atoms with E-state index in [2.05, 4.69) is 0 Å².